The average Bonchev–Trinajstić information content (AvgIpc) is 2.86. The first-order valence-electron chi connectivity index (χ1n) is 7.85. The first-order chi connectivity index (χ1) is 13.0. The molecule has 1 heterocycles. The number of halogens is 1. The van der Waals surface area contributed by atoms with E-state index < -0.39 is 37.6 Å². The second-order valence-electron chi connectivity index (χ2n) is 6.04. The van der Waals surface area contributed by atoms with Gasteiger partial charge in [-0.25, -0.2) is 0 Å². The highest BCUT2D eigenvalue weighted by Gasteiger charge is 2.51. The highest BCUT2D eigenvalue weighted by molar-refractivity contribution is 9.10. The van der Waals surface area contributed by atoms with Gasteiger partial charge in [-0.05, 0) is 11.6 Å². The molecule has 0 amide bonds. The quantitative estimate of drug-likeness (QED) is 0.536. The second kappa shape index (κ2) is 7.04. The molecule has 2 aromatic rings. The van der Waals surface area contributed by atoms with Crippen LogP contribution >= 0.6 is 15.9 Å². The minimum absolute atomic E-state index is 0.0466. The highest BCUT2D eigenvalue weighted by Crippen LogP contribution is 2.40. The molecule has 0 saturated heterocycles. The lowest BCUT2D eigenvalue weighted by Gasteiger charge is -2.27. The van der Waals surface area contributed by atoms with Crippen LogP contribution in [0.5, 0.6) is 0 Å². The van der Waals surface area contributed by atoms with Crippen molar-refractivity contribution in [1.29, 1.82) is 0 Å². The molecule has 6 radical (unpaired) electrons. The summed E-state index contributed by atoms with van der Waals surface area (Å²) in [6, 6.07) is 14.0. The molecule has 1 atom stereocenters. The van der Waals surface area contributed by atoms with Gasteiger partial charge in [-0.3, -0.25) is 4.79 Å². The zero-order valence-corrected chi connectivity index (χ0v) is 16.7. The Bertz CT molecular complexity index is 1080. The predicted octanol–water partition coefficient (Wildman–Crippen LogP) is 0.991. The molecule has 11 heteroatoms. The zero-order chi connectivity index (χ0) is 20.7. The van der Waals surface area contributed by atoms with E-state index in [1.165, 1.54) is 18.2 Å². The van der Waals surface area contributed by atoms with Crippen molar-refractivity contribution in [3.63, 3.8) is 0 Å². The van der Waals surface area contributed by atoms with Gasteiger partial charge in [-0.1, -0.05) is 64.5 Å². The molecule has 2 aromatic carbocycles. The number of hydrogen-bond acceptors (Lipinski definition) is 6. The van der Waals surface area contributed by atoms with Crippen LogP contribution in [0, 0.1) is 0 Å². The van der Waals surface area contributed by atoms with Gasteiger partial charge in [0.2, 0.25) is 17.4 Å². The van der Waals surface area contributed by atoms with Gasteiger partial charge in [0, 0.05) is 10.0 Å². The van der Waals surface area contributed by atoms with Crippen molar-refractivity contribution in [2.75, 3.05) is 0 Å². The van der Waals surface area contributed by atoms with Crippen molar-refractivity contribution in [2.45, 2.75) is 10.0 Å². The van der Waals surface area contributed by atoms with Crippen molar-refractivity contribution in [1.82, 2.24) is 0 Å². The van der Waals surface area contributed by atoms with Crippen LogP contribution in [0.15, 0.2) is 70.7 Å². The van der Waals surface area contributed by atoms with Crippen molar-refractivity contribution >= 4 is 55.4 Å². The summed E-state index contributed by atoms with van der Waals surface area (Å²) in [5.74, 6) is -2.39. The van der Waals surface area contributed by atoms with Crippen LogP contribution in [-0.4, -0.2) is 37.7 Å². The van der Waals surface area contributed by atoms with E-state index >= 15 is 0 Å². The maximum atomic E-state index is 12.9. The largest absolute Gasteiger partial charge is 0.467 e. The monoisotopic (exact) mass is 453 g/mol. The Morgan fingerprint density at radius 1 is 1.07 bits per heavy atom. The average molecular weight is 454 g/mol. The fourth-order valence-electron chi connectivity index (χ4n) is 2.59. The van der Waals surface area contributed by atoms with Crippen LogP contribution in [0.3, 0.4) is 0 Å². The molecule has 28 heavy (non-hydrogen) atoms. The first-order valence-corrected chi connectivity index (χ1v) is 10.1. The summed E-state index contributed by atoms with van der Waals surface area (Å²) in [6.45, 7) is 0. The van der Waals surface area contributed by atoms with Crippen molar-refractivity contribution in [3.05, 3.63) is 81.8 Å². The number of carbonyl (C=O) groups is 1. The molecule has 1 aliphatic heterocycles. The van der Waals surface area contributed by atoms with E-state index in [1.807, 2.05) is 0 Å². The Labute approximate surface area is 175 Å². The maximum Gasteiger partial charge on any atom is 0.302 e. The molecule has 3 rings (SSSR count). The third kappa shape index (κ3) is 3.26. The molecule has 0 bridgehead atoms. The van der Waals surface area contributed by atoms with Gasteiger partial charge in [-0.15, -0.1) is 0 Å². The van der Waals surface area contributed by atoms with E-state index in [2.05, 4.69) is 15.9 Å². The first kappa shape index (κ1) is 20.6. The maximum absolute atomic E-state index is 12.9. The zero-order valence-electron chi connectivity index (χ0n) is 14.3. The standard InChI is InChI=1S/C17H11B3BrNO5S/c18-16(11-8-4-5-9-12(11)21)14(23)13(15(22)26-16)27-28(24,25)17(19,20)10-6-2-1-3-7-10/h1-9H,22H2. The van der Waals surface area contributed by atoms with Crippen LogP contribution in [0.4, 0.5) is 0 Å². The van der Waals surface area contributed by atoms with E-state index in [0.717, 1.165) is 0 Å². The number of rotatable bonds is 5. The number of ketones is 1. The van der Waals surface area contributed by atoms with Crippen molar-refractivity contribution in [3.8, 4) is 0 Å². The summed E-state index contributed by atoms with van der Waals surface area (Å²) in [5.41, 5.74) is 3.89. The topological polar surface area (TPSA) is 95.7 Å². The number of Topliss-reactive ketones (excluding diaryl/α,β-unsaturated/α-hetero) is 1. The number of ether oxygens (including phenoxy) is 1. The molecular weight excluding hydrogens is 443 g/mol. The SMILES string of the molecule is [B]C1(c2ccccc2Br)OC(N)=C(OS(=O)(=O)C([B])([B])c2ccccc2)C1=O. The van der Waals surface area contributed by atoms with Crippen LogP contribution in [0.2, 0.25) is 0 Å². The normalized spacial score (nSPS) is 20.1. The van der Waals surface area contributed by atoms with Gasteiger partial charge in [0.25, 0.3) is 0 Å². The second-order valence-corrected chi connectivity index (χ2v) is 8.64. The van der Waals surface area contributed by atoms with Crippen molar-refractivity contribution < 1.29 is 22.1 Å². The fraction of sp³-hybridized carbons (Fsp3) is 0.118. The van der Waals surface area contributed by atoms with Crippen LogP contribution < -0.4 is 5.73 Å². The van der Waals surface area contributed by atoms with Gasteiger partial charge >= 0.3 is 10.1 Å². The Morgan fingerprint density at radius 3 is 2.25 bits per heavy atom. The van der Waals surface area contributed by atoms with E-state index in [4.69, 9.17) is 38.2 Å². The Balaban J connectivity index is 1.96. The van der Waals surface area contributed by atoms with Gasteiger partial charge in [-0.2, -0.15) is 8.42 Å². The smallest absolute Gasteiger partial charge is 0.302 e. The Morgan fingerprint density at radius 2 is 1.64 bits per heavy atom. The number of hydrogen-bond donors (Lipinski definition) is 1. The summed E-state index contributed by atoms with van der Waals surface area (Å²) in [4.78, 5) is 12.9. The molecule has 1 unspecified atom stereocenters. The van der Waals surface area contributed by atoms with Gasteiger partial charge in [0.05, 0.1) is 20.2 Å². The Hall–Kier alpha value is -2.13. The minimum atomic E-state index is -4.76. The van der Waals surface area contributed by atoms with Crippen LogP contribution in [0.1, 0.15) is 11.1 Å². The summed E-state index contributed by atoms with van der Waals surface area (Å²) in [5, 5.41) is 0. The molecule has 1 aliphatic rings. The summed E-state index contributed by atoms with van der Waals surface area (Å²) in [7, 11) is 12.9. The third-order valence-electron chi connectivity index (χ3n) is 4.14. The number of nitrogens with two attached hydrogens (primary N) is 1. The fourth-order valence-corrected chi connectivity index (χ4v) is 4.11. The van der Waals surface area contributed by atoms with Gasteiger partial charge in [0.15, 0.2) is 5.50 Å². The molecule has 0 saturated carbocycles. The molecule has 136 valence electrons. The number of carbonyl (C=O) groups excluding carboxylic acids is 1. The third-order valence-corrected chi connectivity index (χ3v) is 6.28. The Kier molecular flexibility index (Phi) is 5.18. The highest BCUT2D eigenvalue weighted by atomic mass is 79.9. The van der Waals surface area contributed by atoms with E-state index in [0.29, 0.717) is 4.47 Å². The minimum Gasteiger partial charge on any atom is -0.467 e. The molecule has 0 aromatic heterocycles. The van der Waals surface area contributed by atoms with Crippen LogP contribution in [0.25, 0.3) is 0 Å². The molecular formula is C17H11B3BrNO5S. The molecule has 0 spiro atoms. The predicted molar refractivity (Wildman–Crippen MR) is 109 cm³/mol. The lowest BCUT2D eigenvalue weighted by molar-refractivity contribution is -0.126. The van der Waals surface area contributed by atoms with Gasteiger partial charge in [0.1, 0.15) is 7.85 Å². The van der Waals surface area contributed by atoms with E-state index in [-0.39, 0.29) is 11.1 Å². The molecule has 2 N–H and O–H groups in total. The van der Waals surface area contributed by atoms with Crippen molar-refractivity contribution in [2.24, 2.45) is 5.73 Å². The van der Waals surface area contributed by atoms with Gasteiger partial charge < -0.3 is 14.7 Å². The molecule has 6 nitrogen and oxygen atoms in total. The van der Waals surface area contributed by atoms with Crippen LogP contribution in [-0.2, 0) is 33.9 Å². The molecule has 0 fully saturated rings. The lowest BCUT2D eigenvalue weighted by Crippen LogP contribution is -2.40. The molecule has 0 aliphatic carbocycles. The lowest BCUT2D eigenvalue weighted by atomic mass is 9.65. The number of benzene rings is 2. The summed E-state index contributed by atoms with van der Waals surface area (Å²) < 4.78 is 33.6. The summed E-state index contributed by atoms with van der Waals surface area (Å²) >= 11 is 3.26. The van der Waals surface area contributed by atoms with E-state index in [9.17, 15) is 13.2 Å². The summed E-state index contributed by atoms with van der Waals surface area (Å²) in [6.07, 6.45) is 0. The van der Waals surface area contributed by atoms with E-state index in [1.54, 1.807) is 36.4 Å².